The Morgan fingerprint density at radius 2 is 2.12 bits per heavy atom. The Kier molecular flexibility index (Phi) is 6.88. The second-order valence-electron chi connectivity index (χ2n) is 9.81. The van der Waals surface area contributed by atoms with Crippen molar-refractivity contribution in [3.05, 3.63) is 53.0 Å². The molecular formula is C26H33FN2O4. The van der Waals surface area contributed by atoms with E-state index in [9.17, 15) is 14.0 Å². The Bertz CT molecular complexity index is 985. The first kappa shape index (κ1) is 23.5. The minimum Gasteiger partial charge on any atom is -0.497 e. The van der Waals surface area contributed by atoms with Crippen LogP contribution in [-0.4, -0.2) is 55.5 Å². The van der Waals surface area contributed by atoms with Crippen LogP contribution >= 0.6 is 0 Å². The lowest BCUT2D eigenvalue weighted by atomic mass is 9.86. The molecule has 1 aliphatic heterocycles. The topological polar surface area (TPSA) is 67.9 Å². The normalized spacial score (nSPS) is 23.9. The lowest BCUT2D eigenvalue weighted by Crippen LogP contribution is -2.57. The van der Waals surface area contributed by atoms with Crippen LogP contribution in [0.3, 0.4) is 0 Å². The molecule has 0 saturated carbocycles. The molecule has 178 valence electrons. The van der Waals surface area contributed by atoms with Crippen LogP contribution in [0, 0.1) is 17.7 Å². The first-order chi connectivity index (χ1) is 15.8. The summed E-state index contributed by atoms with van der Waals surface area (Å²) in [5.74, 6) is 0.539. The van der Waals surface area contributed by atoms with Crippen molar-refractivity contribution in [3.8, 4) is 5.75 Å². The Balaban J connectivity index is 1.22. The molecule has 0 spiro atoms. The lowest BCUT2D eigenvalue weighted by Gasteiger charge is -2.42. The number of halogens is 1. The van der Waals surface area contributed by atoms with E-state index in [0.717, 1.165) is 37.0 Å². The van der Waals surface area contributed by atoms with Gasteiger partial charge in [-0.25, -0.2) is 4.39 Å². The maximum atomic E-state index is 13.7. The van der Waals surface area contributed by atoms with Gasteiger partial charge in [0.2, 0.25) is 5.91 Å². The second kappa shape index (κ2) is 9.67. The Hall–Kier alpha value is -2.67. The number of ketones is 1. The van der Waals surface area contributed by atoms with E-state index >= 15 is 0 Å². The first-order valence-electron chi connectivity index (χ1n) is 11.7. The third kappa shape index (κ3) is 5.64. The summed E-state index contributed by atoms with van der Waals surface area (Å²) in [5.41, 5.74) is 1.96. The van der Waals surface area contributed by atoms with Gasteiger partial charge in [0.25, 0.3) is 0 Å². The van der Waals surface area contributed by atoms with Crippen LogP contribution in [0.4, 0.5) is 4.39 Å². The summed E-state index contributed by atoms with van der Waals surface area (Å²) in [6, 6.07) is 4.12. The summed E-state index contributed by atoms with van der Waals surface area (Å²) in [6.45, 7) is 6.16. The van der Waals surface area contributed by atoms with Gasteiger partial charge in [0.1, 0.15) is 11.6 Å². The summed E-state index contributed by atoms with van der Waals surface area (Å²) >= 11 is 0. The molecule has 0 aromatic heterocycles. The number of nitrogens with one attached hydrogen (secondary N) is 1. The fourth-order valence-corrected chi connectivity index (χ4v) is 4.81. The van der Waals surface area contributed by atoms with Crippen LogP contribution in [-0.2, 0) is 9.53 Å². The third-order valence-corrected chi connectivity index (χ3v) is 6.82. The summed E-state index contributed by atoms with van der Waals surface area (Å²) in [6.07, 6.45) is 7.96. The number of carbonyl (C=O) groups is 2. The summed E-state index contributed by atoms with van der Waals surface area (Å²) in [7, 11) is 1.46. The van der Waals surface area contributed by atoms with Gasteiger partial charge in [-0.2, -0.15) is 0 Å². The molecule has 1 heterocycles. The van der Waals surface area contributed by atoms with Crippen LogP contribution in [0.25, 0.3) is 0 Å². The zero-order valence-electron chi connectivity index (χ0n) is 19.7. The molecule has 7 heteroatoms. The Labute approximate surface area is 194 Å². The highest BCUT2D eigenvalue weighted by Gasteiger charge is 2.35. The fourth-order valence-electron chi connectivity index (χ4n) is 4.81. The second-order valence-corrected chi connectivity index (χ2v) is 9.81. The number of hydrogen-bond acceptors (Lipinski definition) is 5. The van der Waals surface area contributed by atoms with Crippen LogP contribution in [0.1, 0.15) is 49.9 Å². The number of morpholine rings is 1. The Morgan fingerprint density at radius 1 is 1.30 bits per heavy atom. The number of allylic oxidation sites excluding steroid dienone is 4. The molecule has 1 fully saturated rings. The largest absolute Gasteiger partial charge is 0.497 e. The van der Waals surface area contributed by atoms with Gasteiger partial charge in [0.15, 0.2) is 5.78 Å². The number of Topliss-reactive ketones (excluding diaryl/α,β-unsaturated/α-hetero) is 1. The highest BCUT2D eigenvalue weighted by molar-refractivity contribution is 6.12. The van der Waals surface area contributed by atoms with Gasteiger partial charge in [0.05, 0.1) is 32.4 Å². The van der Waals surface area contributed by atoms with Gasteiger partial charge in [-0.05, 0) is 57.6 Å². The van der Waals surface area contributed by atoms with E-state index in [1.165, 1.54) is 19.2 Å². The minimum absolute atomic E-state index is 0.102. The van der Waals surface area contributed by atoms with Crippen molar-refractivity contribution in [2.24, 2.45) is 11.8 Å². The zero-order valence-corrected chi connectivity index (χ0v) is 19.7. The van der Waals surface area contributed by atoms with Crippen molar-refractivity contribution in [2.45, 2.75) is 45.1 Å². The van der Waals surface area contributed by atoms with Crippen molar-refractivity contribution < 1.29 is 23.5 Å². The summed E-state index contributed by atoms with van der Waals surface area (Å²) < 4.78 is 24.3. The van der Waals surface area contributed by atoms with E-state index < -0.39 is 5.82 Å². The number of hydrogen-bond donors (Lipinski definition) is 1. The maximum absolute atomic E-state index is 13.7. The third-order valence-electron chi connectivity index (χ3n) is 6.82. The summed E-state index contributed by atoms with van der Waals surface area (Å²) in [4.78, 5) is 27.3. The maximum Gasteiger partial charge on any atom is 0.242 e. The van der Waals surface area contributed by atoms with Crippen molar-refractivity contribution in [3.63, 3.8) is 0 Å². The molecule has 0 radical (unpaired) electrons. The van der Waals surface area contributed by atoms with E-state index in [4.69, 9.17) is 9.47 Å². The average Bonchev–Trinajstić information content (AvgIpc) is 3.56. The van der Waals surface area contributed by atoms with Crippen molar-refractivity contribution in [1.82, 2.24) is 10.2 Å². The van der Waals surface area contributed by atoms with Gasteiger partial charge < -0.3 is 19.7 Å². The number of nitrogens with zero attached hydrogens (tertiary/aromatic N) is 1. The van der Waals surface area contributed by atoms with Crippen LogP contribution in [0.2, 0.25) is 0 Å². The molecule has 1 aromatic rings. The smallest absolute Gasteiger partial charge is 0.242 e. The van der Waals surface area contributed by atoms with Gasteiger partial charge in [-0.3, -0.25) is 9.59 Å². The number of amides is 1. The highest BCUT2D eigenvalue weighted by atomic mass is 19.1. The van der Waals surface area contributed by atoms with E-state index in [2.05, 4.69) is 11.4 Å². The predicted octanol–water partition coefficient (Wildman–Crippen LogP) is 3.87. The number of benzene rings is 1. The Morgan fingerprint density at radius 3 is 2.82 bits per heavy atom. The standard InChI is InChI=1S/C26H33FN2O4/c1-26(2)16-33-9-8-29(26)24(30)15-28-21-6-4-17(5-7-21)10-18-13-23(18)25(31)19-11-20(27)14-22(12-19)32-3/h6,11-14,17-18,28H,4-5,7-10,15-16H2,1-3H3/t17-,18?/m0/s1. The van der Waals surface area contributed by atoms with Crippen molar-refractivity contribution in [2.75, 3.05) is 33.4 Å². The van der Waals surface area contributed by atoms with Crippen molar-refractivity contribution in [1.29, 1.82) is 0 Å². The zero-order chi connectivity index (χ0) is 23.6. The molecule has 1 amide bonds. The molecule has 1 saturated heterocycles. The van der Waals surface area contributed by atoms with Gasteiger partial charge in [0, 0.05) is 35.4 Å². The van der Waals surface area contributed by atoms with Crippen LogP contribution < -0.4 is 10.1 Å². The molecule has 0 bridgehead atoms. The van der Waals surface area contributed by atoms with Crippen LogP contribution in [0.15, 0.2) is 41.6 Å². The molecule has 33 heavy (non-hydrogen) atoms. The fraction of sp³-hybridized carbons (Fsp3) is 0.538. The van der Waals surface area contributed by atoms with Gasteiger partial charge >= 0.3 is 0 Å². The van der Waals surface area contributed by atoms with E-state index in [0.29, 0.717) is 43.5 Å². The SMILES string of the molecule is COc1cc(F)cc(C(=O)C2=CC2C[C@H]2CC=C(NCC(=O)N3CCOCC3(C)C)CC2)c1. The number of carbonyl (C=O) groups excluding carboxylic acids is 2. The van der Waals surface area contributed by atoms with Crippen LogP contribution in [0.5, 0.6) is 5.75 Å². The number of ether oxygens (including phenoxy) is 2. The monoisotopic (exact) mass is 456 g/mol. The molecule has 3 aliphatic rings. The molecule has 1 N–H and O–H groups in total. The molecule has 2 atom stereocenters. The summed E-state index contributed by atoms with van der Waals surface area (Å²) in [5, 5.41) is 3.33. The highest BCUT2D eigenvalue weighted by Crippen LogP contribution is 2.40. The first-order valence-corrected chi connectivity index (χ1v) is 11.7. The average molecular weight is 457 g/mol. The molecule has 6 nitrogen and oxygen atoms in total. The number of rotatable bonds is 8. The quantitative estimate of drug-likeness (QED) is 0.602. The molecule has 1 aromatic carbocycles. The van der Waals surface area contributed by atoms with E-state index in [1.54, 1.807) is 6.07 Å². The van der Waals surface area contributed by atoms with Crippen molar-refractivity contribution >= 4 is 11.7 Å². The lowest BCUT2D eigenvalue weighted by molar-refractivity contribution is -0.145. The molecule has 2 aliphatic carbocycles. The molecule has 4 rings (SSSR count). The van der Waals surface area contributed by atoms with Gasteiger partial charge in [-0.1, -0.05) is 12.2 Å². The van der Waals surface area contributed by atoms with E-state index in [-0.39, 0.29) is 23.1 Å². The molecular weight excluding hydrogens is 423 g/mol. The molecule has 1 unspecified atom stereocenters. The van der Waals surface area contributed by atoms with E-state index in [1.807, 2.05) is 24.8 Å². The minimum atomic E-state index is -0.469. The predicted molar refractivity (Wildman–Crippen MR) is 124 cm³/mol. The van der Waals surface area contributed by atoms with Gasteiger partial charge in [-0.15, -0.1) is 0 Å². The number of methoxy groups -OCH3 is 1.